The van der Waals surface area contributed by atoms with E-state index in [-0.39, 0.29) is 11.4 Å². The predicted octanol–water partition coefficient (Wildman–Crippen LogP) is 1.64. The summed E-state index contributed by atoms with van der Waals surface area (Å²) in [5.74, 6) is 0.643. The van der Waals surface area contributed by atoms with Crippen LogP contribution in [0.2, 0.25) is 0 Å². The van der Waals surface area contributed by atoms with Crippen molar-refractivity contribution in [2.75, 3.05) is 52.0 Å². The Morgan fingerprint density at radius 2 is 1.88 bits per heavy atom. The average molecular weight is 346 g/mol. The molecule has 2 aromatic rings. The van der Waals surface area contributed by atoms with Crippen molar-refractivity contribution in [2.45, 2.75) is 0 Å². The highest BCUT2D eigenvalue weighted by molar-refractivity contribution is 5.91. The summed E-state index contributed by atoms with van der Waals surface area (Å²) in [7, 11) is 7.13. The van der Waals surface area contributed by atoms with Crippen molar-refractivity contribution in [2.24, 2.45) is 0 Å². The van der Waals surface area contributed by atoms with Gasteiger partial charge in [-0.05, 0) is 20.2 Å². The van der Waals surface area contributed by atoms with E-state index in [1.807, 2.05) is 19.0 Å². The quantitative estimate of drug-likeness (QED) is 0.457. The molecular weight excluding hydrogens is 324 g/mol. The highest BCUT2D eigenvalue weighted by Gasteiger charge is 2.29. The molecule has 1 aromatic heterocycles. The largest absolute Gasteiger partial charge is 0.494 e. The molecule has 0 aliphatic heterocycles. The number of methoxy groups -OCH3 is 1. The number of aromatic nitrogens is 2. The van der Waals surface area contributed by atoms with Crippen molar-refractivity contribution >= 4 is 17.1 Å². The molecule has 9 heteroatoms. The van der Waals surface area contributed by atoms with Gasteiger partial charge in [0.25, 0.3) is 5.69 Å². The third kappa shape index (κ3) is 3.94. The molecule has 2 rings (SSSR count). The van der Waals surface area contributed by atoms with E-state index in [0.717, 1.165) is 6.54 Å². The molecule has 0 saturated heterocycles. The first-order valence-corrected chi connectivity index (χ1v) is 7.65. The van der Waals surface area contributed by atoms with Crippen molar-refractivity contribution in [1.29, 1.82) is 0 Å². The highest BCUT2D eigenvalue weighted by Crippen LogP contribution is 2.46. The standard InChI is InChI=1S/C16H22N6O3/c1-20(2)8-9-21(3)14-12(22(23)24)10-11(17)15(25-4)13(14)16-18-6-5-7-19-16/h5-7,10H,8-9,17H2,1-4H3. The average Bonchev–Trinajstić information content (AvgIpc) is 2.59. The molecule has 0 amide bonds. The summed E-state index contributed by atoms with van der Waals surface area (Å²) in [6, 6.07) is 2.99. The van der Waals surface area contributed by atoms with Crippen LogP contribution in [-0.4, -0.2) is 61.1 Å². The Morgan fingerprint density at radius 3 is 2.40 bits per heavy atom. The van der Waals surface area contributed by atoms with Gasteiger partial charge >= 0.3 is 0 Å². The lowest BCUT2D eigenvalue weighted by Crippen LogP contribution is -2.29. The molecule has 0 unspecified atom stereocenters. The highest BCUT2D eigenvalue weighted by atomic mass is 16.6. The van der Waals surface area contributed by atoms with Crippen LogP contribution in [0.15, 0.2) is 24.5 Å². The van der Waals surface area contributed by atoms with Gasteiger partial charge in [0.05, 0.1) is 23.3 Å². The van der Waals surface area contributed by atoms with Crippen molar-refractivity contribution in [3.63, 3.8) is 0 Å². The summed E-state index contributed by atoms with van der Waals surface area (Å²) < 4.78 is 5.42. The minimum absolute atomic E-state index is 0.109. The zero-order chi connectivity index (χ0) is 18.6. The van der Waals surface area contributed by atoms with E-state index in [1.165, 1.54) is 13.2 Å². The van der Waals surface area contributed by atoms with Gasteiger partial charge in [-0.1, -0.05) is 0 Å². The Kier molecular flexibility index (Phi) is 5.71. The number of rotatable bonds is 7. The van der Waals surface area contributed by atoms with Crippen LogP contribution >= 0.6 is 0 Å². The lowest BCUT2D eigenvalue weighted by Gasteiger charge is -2.25. The van der Waals surface area contributed by atoms with Gasteiger partial charge in [0.2, 0.25) is 0 Å². The van der Waals surface area contributed by atoms with E-state index in [0.29, 0.717) is 29.4 Å². The van der Waals surface area contributed by atoms with Crippen LogP contribution in [-0.2, 0) is 0 Å². The number of hydrogen-bond donors (Lipinski definition) is 1. The molecule has 0 spiro atoms. The smallest absolute Gasteiger partial charge is 0.295 e. The number of ether oxygens (including phenoxy) is 1. The molecular formula is C16H22N6O3. The van der Waals surface area contributed by atoms with Crippen LogP contribution in [0.3, 0.4) is 0 Å². The molecule has 1 aromatic carbocycles. The van der Waals surface area contributed by atoms with Crippen molar-refractivity contribution < 1.29 is 9.66 Å². The Bertz CT molecular complexity index is 751. The van der Waals surface area contributed by atoms with Crippen molar-refractivity contribution in [3.8, 4) is 17.1 Å². The molecule has 2 N–H and O–H groups in total. The van der Waals surface area contributed by atoms with Gasteiger partial charge in [-0.15, -0.1) is 0 Å². The second-order valence-electron chi connectivity index (χ2n) is 5.80. The monoisotopic (exact) mass is 346 g/mol. The summed E-state index contributed by atoms with van der Waals surface area (Å²) >= 11 is 0. The molecule has 0 bridgehead atoms. The Hall–Kier alpha value is -2.94. The van der Waals surface area contributed by atoms with Gasteiger partial charge < -0.3 is 20.3 Å². The molecule has 1 heterocycles. The lowest BCUT2D eigenvalue weighted by atomic mass is 10.1. The zero-order valence-corrected chi connectivity index (χ0v) is 14.8. The number of nitro groups is 1. The van der Waals surface area contributed by atoms with Crippen molar-refractivity contribution in [1.82, 2.24) is 14.9 Å². The van der Waals surface area contributed by atoms with E-state index < -0.39 is 4.92 Å². The van der Waals surface area contributed by atoms with Gasteiger partial charge in [0.15, 0.2) is 11.6 Å². The molecule has 25 heavy (non-hydrogen) atoms. The molecule has 0 aliphatic carbocycles. The van der Waals surface area contributed by atoms with Crippen LogP contribution in [0.1, 0.15) is 0 Å². The first-order chi connectivity index (χ1) is 11.9. The number of benzene rings is 1. The van der Waals surface area contributed by atoms with Gasteiger partial charge in [-0.3, -0.25) is 10.1 Å². The van der Waals surface area contributed by atoms with Crippen LogP contribution < -0.4 is 15.4 Å². The van der Waals surface area contributed by atoms with Crippen LogP contribution in [0.25, 0.3) is 11.4 Å². The normalized spacial score (nSPS) is 10.8. The molecule has 9 nitrogen and oxygen atoms in total. The van der Waals surface area contributed by atoms with Gasteiger partial charge in [0.1, 0.15) is 5.69 Å². The second kappa shape index (κ2) is 7.75. The minimum Gasteiger partial charge on any atom is -0.494 e. The number of hydrogen-bond acceptors (Lipinski definition) is 8. The van der Waals surface area contributed by atoms with Crippen molar-refractivity contribution in [3.05, 3.63) is 34.6 Å². The van der Waals surface area contributed by atoms with E-state index >= 15 is 0 Å². The maximum absolute atomic E-state index is 11.6. The summed E-state index contributed by atoms with van der Waals surface area (Å²) in [6.07, 6.45) is 3.14. The fraction of sp³-hybridized carbons (Fsp3) is 0.375. The fourth-order valence-electron chi connectivity index (χ4n) is 2.50. The molecule has 0 aliphatic rings. The summed E-state index contributed by atoms with van der Waals surface area (Å²) in [5, 5.41) is 11.6. The summed E-state index contributed by atoms with van der Waals surface area (Å²) in [4.78, 5) is 23.4. The predicted molar refractivity (Wildman–Crippen MR) is 96.9 cm³/mol. The van der Waals surface area contributed by atoms with E-state index in [9.17, 15) is 10.1 Å². The van der Waals surface area contributed by atoms with E-state index in [1.54, 1.807) is 30.4 Å². The number of anilines is 2. The van der Waals surface area contributed by atoms with Crippen LogP contribution in [0, 0.1) is 10.1 Å². The molecule has 0 saturated carbocycles. The number of nitrogen functional groups attached to an aromatic ring is 1. The van der Waals surface area contributed by atoms with Gasteiger partial charge in [-0.25, -0.2) is 9.97 Å². The number of likely N-dealkylation sites (N-methyl/N-ethyl adjacent to an activating group) is 2. The zero-order valence-electron chi connectivity index (χ0n) is 14.8. The number of nitrogens with two attached hydrogens (primary N) is 1. The van der Waals surface area contributed by atoms with Gasteiger partial charge in [-0.2, -0.15) is 0 Å². The lowest BCUT2D eigenvalue weighted by molar-refractivity contribution is -0.384. The molecule has 0 fully saturated rings. The van der Waals surface area contributed by atoms with E-state index in [4.69, 9.17) is 10.5 Å². The second-order valence-corrected chi connectivity index (χ2v) is 5.80. The van der Waals surface area contributed by atoms with Gasteiger partial charge in [0, 0.05) is 38.6 Å². The van der Waals surface area contributed by atoms with E-state index in [2.05, 4.69) is 9.97 Å². The van der Waals surface area contributed by atoms with Crippen LogP contribution in [0.4, 0.5) is 17.1 Å². The molecule has 0 atom stereocenters. The first kappa shape index (κ1) is 18.4. The third-order valence-corrected chi connectivity index (χ3v) is 3.72. The molecule has 0 radical (unpaired) electrons. The minimum atomic E-state index is -0.455. The first-order valence-electron chi connectivity index (χ1n) is 7.65. The number of nitro benzene ring substituents is 1. The third-order valence-electron chi connectivity index (χ3n) is 3.72. The maximum atomic E-state index is 11.6. The molecule has 134 valence electrons. The Morgan fingerprint density at radius 1 is 1.24 bits per heavy atom. The topological polar surface area (TPSA) is 111 Å². The van der Waals surface area contributed by atoms with Crippen LogP contribution in [0.5, 0.6) is 5.75 Å². The fourth-order valence-corrected chi connectivity index (χ4v) is 2.50. The summed E-state index contributed by atoms with van der Waals surface area (Å²) in [6.45, 7) is 1.29. The number of nitrogens with zero attached hydrogens (tertiary/aromatic N) is 5. The Labute approximate surface area is 146 Å². The summed E-state index contributed by atoms with van der Waals surface area (Å²) in [5.41, 5.74) is 6.84. The maximum Gasteiger partial charge on any atom is 0.295 e. The Balaban J connectivity index is 2.74. The SMILES string of the molecule is COc1c(N)cc([N+](=O)[O-])c(N(C)CCN(C)C)c1-c1ncccn1.